The summed E-state index contributed by atoms with van der Waals surface area (Å²) in [5, 5.41) is 15.9. The SMILES string of the molecule is COC(=O)C1=C(/C=N/O)CS[C@@H]2[C@H](NC(=O)Cc3cccs3)C(=O)N12. The first-order chi connectivity index (χ1) is 12.1. The number of amides is 2. The second-order valence-corrected chi connectivity index (χ2v) is 7.46. The molecule has 0 bridgehead atoms. The van der Waals surface area contributed by atoms with Crippen LogP contribution in [0.2, 0.25) is 0 Å². The molecule has 2 N–H and O–H groups in total. The number of nitrogens with one attached hydrogen (secondary N) is 1. The van der Waals surface area contributed by atoms with Crippen LogP contribution < -0.4 is 5.32 Å². The Hall–Kier alpha value is -2.33. The van der Waals surface area contributed by atoms with E-state index in [1.54, 1.807) is 0 Å². The Morgan fingerprint density at radius 1 is 1.56 bits per heavy atom. The lowest BCUT2D eigenvalue weighted by Crippen LogP contribution is -2.70. The standard InChI is InChI=1S/C15H15N3O5S2/c1-23-15(21)12-8(6-16-22)7-25-14-11(13(20)18(12)14)17-10(19)5-9-3-2-4-24-9/h2-4,6,11,14,22H,5,7H2,1H3,(H,17,19)/b16-6+/t11-,14-/m1/s1. The summed E-state index contributed by atoms with van der Waals surface area (Å²) >= 11 is 2.85. The minimum Gasteiger partial charge on any atom is -0.464 e. The van der Waals surface area contributed by atoms with Crippen molar-refractivity contribution >= 4 is 47.1 Å². The predicted octanol–water partition coefficient (Wildman–Crippen LogP) is 0.578. The van der Waals surface area contributed by atoms with Crippen LogP contribution in [0.4, 0.5) is 0 Å². The molecule has 1 aromatic heterocycles. The molecule has 0 unspecified atom stereocenters. The number of rotatable bonds is 5. The fraction of sp³-hybridized carbons (Fsp3) is 0.333. The average molecular weight is 381 g/mol. The van der Waals surface area contributed by atoms with Crippen molar-refractivity contribution in [2.75, 3.05) is 12.9 Å². The number of nitrogens with zero attached hydrogens (tertiary/aromatic N) is 2. The van der Waals surface area contributed by atoms with Crippen molar-refractivity contribution in [2.45, 2.75) is 17.8 Å². The van der Waals surface area contributed by atoms with Crippen molar-refractivity contribution in [3.05, 3.63) is 33.7 Å². The van der Waals surface area contributed by atoms with Gasteiger partial charge in [0, 0.05) is 16.2 Å². The molecule has 8 nitrogen and oxygen atoms in total. The molecule has 0 aliphatic carbocycles. The molecule has 3 rings (SSSR count). The van der Waals surface area contributed by atoms with Gasteiger partial charge in [0.2, 0.25) is 5.91 Å². The zero-order valence-electron chi connectivity index (χ0n) is 13.2. The van der Waals surface area contributed by atoms with E-state index >= 15 is 0 Å². The van der Waals surface area contributed by atoms with Crippen LogP contribution in [-0.4, -0.2) is 58.4 Å². The zero-order chi connectivity index (χ0) is 18.0. The maximum absolute atomic E-state index is 12.5. The number of hydrogen-bond donors (Lipinski definition) is 2. The van der Waals surface area contributed by atoms with Crippen LogP contribution in [0.1, 0.15) is 4.88 Å². The molecule has 25 heavy (non-hydrogen) atoms. The van der Waals surface area contributed by atoms with Crippen molar-refractivity contribution in [2.24, 2.45) is 5.16 Å². The molecule has 0 saturated carbocycles. The molecular formula is C15H15N3O5S2. The number of β-lactam (4-membered cyclic amide) rings is 1. The summed E-state index contributed by atoms with van der Waals surface area (Å²) in [5.74, 6) is -0.953. The molecule has 2 amide bonds. The van der Waals surface area contributed by atoms with Gasteiger partial charge in [-0.1, -0.05) is 11.2 Å². The fourth-order valence-electron chi connectivity index (χ4n) is 2.69. The van der Waals surface area contributed by atoms with Crippen LogP contribution in [0.5, 0.6) is 0 Å². The van der Waals surface area contributed by atoms with Crippen LogP contribution >= 0.6 is 23.1 Å². The van der Waals surface area contributed by atoms with E-state index in [1.165, 1.54) is 35.1 Å². The number of methoxy groups -OCH3 is 1. The third-order valence-corrected chi connectivity index (χ3v) is 6.00. The maximum Gasteiger partial charge on any atom is 0.355 e. The van der Waals surface area contributed by atoms with Crippen LogP contribution in [0.15, 0.2) is 33.9 Å². The summed E-state index contributed by atoms with van der Waals surface area (Å²) < 4.78 is 4.72. The summed E-state index contributed by atoms with van der Waals surface area (Å²) in [7, 11) is 1.21. The zero-order valence-corrected chi connectivity index (χ0v) is 14.8. The molecule has 2 atom stereocenters. The Morgan fingerprint density at radius 2 is 2.36 bits per heavy atom. The first-order valence-electron chi connectivity index (χ1n) is 7.32. The molecule has 0 spiro atoms. The van der Waals surface area contributed by atoms with Crippen molar-refractivity contribution in [3.63, 3.8) is 0 Å². The van der Waals surface area contributed by atoms with Gasteiger partial charge in [0.15, 0.2) is 0 Å². The summed E-state index contributed by atoms with van der Waals surface area (Å²) in [6.07, 6.45) is 1.33. The highest BCUT2D eigenvalue weighted by Crippen LogP contribution is 2.40. The van der Waals surface area contributed by atoms with Crippen molar-refractivity contribution in [3.8, 4) is 0 Å². The van der Waals surface area contributed by atoms with E-state index in [1.807, 2.05) is 17.5 Å². The van der Waals surface area contributed by atoms with E-state index in [2.05, 4.69) is 10.5 Å². The van der Waals surface area contributed by atoms with E-state index in [4.69, 9.17) is 9.94 Å². The highest BCUT2D eigenvalue weighted by molar-refractivity contribution is 8.00. The van der Waals surface area contributed by atoms with E-state index in [0.717, 1.165) is 11.1 Å². The number of fused-ring (bicyclic) bond motifs is 1. The number of carbonyl (C=O) groups is 3. The third kappa shape index (κ3) is 3.27. The number of esters is 1. The van der Waals surface area contributed by atoms with E-state index in [0.29, 0.717) is 11.3 Å². The number of oxime groups is 1. The Labute approximate surface area is 151 Å². The second-order valence-electron chi connectivity index (χ2n) is 5.32. The van der Waals surface area contributed by atoms with Gasteiger partial charge in [0.25, 0.3) is 5.91 Å². The number of carbonyl (C=O) groups excluding carboxylic acids is 3. The van der Waals surface area contributed by atoms with Gasteiger partial charge in [0.1, 0.15) is 17.1 Å². The lowest BCUT2D eigenvalue weighted by atomic mass is 10.0. The lowest BCUT2D eigenvalue weighted by Gasteiger charge is -2.49. The van der Waals surface area contributed by atoms with Crippen molar-refractivity contribution in [1.82, 2.24) is 10.2 Å². The molecular weight excluding hydrogens is 366 g/mol. The molecule has 0 aromatic carbocycles. The Kier molecular flexibility index (Phi) is 5.09. The molecule has 1 saturated heterocycles. The topological polar surface area (TPSA) is 108 Å². The van der Waals surface area contributed by atoms with Gasteiger partial charge in [-0.3, -0.25) is 14.5 Å². The molecule has 1 fully saturated rings. The van der Waals surface area contributed by atoms with Crippen LogP contribution in [0, 0.1) is 0 Å². The highest BCUT2D eigenvalue weighted by Gasteiger charge is 2.54. The molecule has 10 heteroatoms. The van der Waals surface area contributed by atoms with Gasteiger partial charge in [-0.25, -0.2) is 4.79 Å². The second kappa shape index (κ2) is 7.28. The normalized spacial score (nSPS) is 22.6. The molecule has 0 radical (unpaired) electrons. The van der Waals surface area contributed by atoms with Gasteiger partial charge >= 0.3 is 5.97 Å². The van der Waals surface area contributed by atoms with Gasteiger partial charge in [-0.05, 0) is 11.4 Å². The molecule has 132 valence electrons. The molecule has 2 aliphatic heterocycles. The molecule has 2 aliphatic rings. The largest absolute Gasteiger partial charge is 0.464 e. The quantitative estimate of drug-likeness (QED) is 0.254. The third-order valence-electron chi connectivity index (χ3n) is 3.82. The first kappa shape index (κ1) is 17.5. The summed E-state index contributed by atoms with van der Waals surface area (Å²) in [4.78, 5) is 38.8. The number of thioether (sulfide) groups is 1. The van der Waals surface area contributed by atoms with Gasteiger partial charge in [0.05, 0.1) is 19.7 Å². The number of thiophene rings is 1. The minimum atomic E-state index is -0.690. The molecule has 3 heterocycles. The Morgan fingerprint density at radius 3 is 3.00 bits per heavy atom. The fourth-order valence-corrected chi connectivity index (χ4v) is 4.69. The lowest BCUT2D eigenvalue weighted by molar-refractivity contribution is -0.151. The summed E-state index contributed by atoms with van der Waals surface area (Å²) in [5.41, 5.74) is 0.449. The monoisotopic (exact) mass is 381 g/mol. The Balaban J connectivity index is 1.73. The van der Waals surface area contributed by atoms with Gasteiger partial charge in [-0.15, -0.1) is 23.1 Å². The van der Waals surface area contributed by atoms with Crippen LogP contribution in [0.3, 0.4) is 0 Å². The summed E-state index contributed by atoms with van der Waals surface area (Å²) in [6.45, 7) is 0. The maximum atomic E-state index is 12.5. The van der Waals surface area contributed by atoms with Crippen molar-refractivity contribution in [1.29, 1.82) is 0 Å². The smallest absolute Gasteiger partial charge is 0.355 e. The average Bonchev–Trinajstić information content (AvgIpc) is 3.11. The summed E-state index contributed by atoms with van der Waals surface area (Å²) in [6, 6.07) is 3.02. The van der Waals surface area contributed by atoms with Crippen molar-refractivity contribution < 1.29 is 24.3 Å². The minimum absolute atomic E-state index is 0.0535. The van der Waals surface area contributed by atoms with Crippen LogP contribution in [-0.2, 0) is 25.5 Å². The van der Waals surface area contributed by atoms with E-state index in [-0.39, 0.29) is 29.3 Å². The van der Waals surface area contributed by atoms with Gasteiger partial charge < -0.3 is 15.3 Å². The number of ether oxygens (including phenoxy) is 1. The first-order valence-corrected chi connectivity index (χ1v) is 9.25. The number of hydrogen-bond acceptors (Lipinski definition) is 8. The highest BCUT2D eigenvalue weighted by atomic mass is 32.2. The molecule has 1 aromatic rings. The van der Waals surface area contributed by atoms with E-state index in [9.17, 15) is 14.4 Å². The van der Waals surface area contributed by atoms with Crippen LogP contribution in [0.25, 0.3) is 0 Å². The van der Waals surface area contributed by atoms with E-state index < -0.39 is 12.0 Å². The van der Waals surface area contributed by atoms with Gasteiger partial charge in [-0.2, -0.15) is 0 Å². The predicted molar refractivity (Wildman–Crippen MR) is 92.4 cm³/mol. The Bertz CT molecular complexity index is 759.